The smallest absolute Gasteiger partial charge is 0.161 e. The molecule has 1 aromatic carbocycles. The van der Waals surface area contributed by atoms with Crippen LogP contribution in [0.2, 0.25) is 0 Å². The topological polar surface area (TPSA) is 56.5 Å². The van der Waals surface area contributed by atoms with E-state index in [0.717, 1.165) is 30.9 Å². The third-order valence-corrected chi connectivity index (χ3v) is 3.41. The summed E-state index contributed by atoms with van der Waals surface area (Å²) in [4.78, 5) is 0. The maximum absolute atomic E-state index is 6.00. The molecular weight excluding hydrogens is 216 g/mol. The number of hydrogen-bond acceptors (Lipinski definition) is 4. The average Bonchev–Trinajstić information content (AvgIpc) is 2.38. The van der Waals surface area contributed by atoms with Crippen molar-refractivity contribution < 1.29 is 9.47 Å². The number of nitrogens with two attached hydrogens (primary N) is 1. The van der Waals surface area contributed by atoms with Gasteiger partial charge in [-0.15, -0.1) is 0 Å². The van der Waals surface area contributed by atoms with Gasteiger partial charge in [-0.2, -0.15) is 0 Å². The summed E-state index contributed by atoms with van der Waals surface area (Å²) in [5.41, 5.74) is 7.24. The van der Waals surface area contributed by atoms with Gasteiger partial charge in [0.25, 0.3) is 0 Å². The summed E-state index contributed by atoms with van der Waals surface area (Å²) >= 11 is 0. The zero-order chi connectivity index (χ0) is 11.7. The molecule has 4 nitrogen and oxygen atoms in total. The van der Waals surface area contributed by atoms with E-state index in [1.807, 2.05) is 6.07 Å². The molecule has 0 amide bonds. The number of hydrogen-bond donors (Lipinski definition) is 2. The molecule has 2 atom stereocenters. The van der Waals surface area contributed by atoms with E-state index in [1.54, 1.807) is 0 Å². The van der Waals surface area contributed by atoms with Gasteiger partial charge in [0.15, 0.2) is 11.5 Å². The highest BCUT2D eigenvalue weighted by molar-refractivity contribution is 5.44. The summed E-state index contributed by atoms with van der Waals surface area (Å²) in [6.45, 7) is 2.26. The van der Waals surface area contributed by atoms with Gasteiger partial charge in [-0.3, -0.25) is 0 Å². The molecule has 0 radical (unpaired) electrons. The van der Waals surface area contributed by atoms with E-state index in [-0.39, 0.29) is 0 Å². The molecule has 0 aliphatic carbocycles. The lowest BCUT2D eigenvalue weighted by molar-refractivity contribution is 0.171. The lowest BCUT2D eigenvalue weighted by Crippen LogP contribution is -2.38. The second-order valence-electron chi connectivity index (χ2n) is 4.69. The molecule has 4 heteroatoms. The Morgan fingerprint density at radius 1 is 1.18 bits per heavy atom. The van der Waals surface area contributed by atoms with E-state index in [4.69, 9.17) is 15.2 Å². The lowest BCUT2D eigenvalue weighted by Gasteiger charge is -2.29. The van der Waals surface area contributed by atoms with Crippen LogP contribution in [0.25, 0.3) is 0 Å². The predicted molar refractivity (Wildman–Crippen MR) is 65.4 cm³/mol. The van der Waals surface area contributed by atoms with Crippen LogP contribution in [0.3, 0.4) is 0 Å². The predicted octanol–water partition coefficient (Wildman–Crippen LogP) is 1.21. The highest BCUT2D eigenvalue weighted by Gasteiger charge is 2.22. The standard InChI is InChI=1S/C13H18N2O2/c14-10-3-4-15-11(8-10)9-1-2-12-13(7-9)17-6-5-16-12/h1-2,7,10-11,15H,3-6,8,14H2. The van der Waals surface area contributed by atoms with Crippen molar-refractivity contribution in [3.05, 3.63) is 23.8 Å². The Kier molecular flexibility index (Phi) is 2.91. The van der Waals surface area contributed by atoms with Gasteiger partial charge in [-0.25, -0.2) is 0 Å². The number of rotatable bonds is 1. The van der Waals surface area contributed by atoms with Gasteiger partial charge < -0.3 is 20.5 Å². The average molecular weight is 234 g/mol. The van der Waals surface area contributed by atoms with E-state index >= 15 is 0 Å². The highest BCUT2D eigenvalue weighted by atomic mass is 16.6. The van der Waals surface area contributed by atoms with E-state index in [2.05, 4.69) is 17.4 Å². The number of fused-ring (bicyclic) bond motifs is 1. The molecule has 0 aromatic heterocycles. The summed E-state index contributed by atoms with van der Waals surface area (Å²) in [7, 11) is 0. The summed E-state index contributed by atoms with van der Waals surface area (Å²) < 4.78 is 11.1. The molecule has 0 bridgehead atoms. The first-order valence-electron chi connectivity index (χ1n) is 6.21. The first-order chi connectivity index (χ1) is 8.33. The first-order valence-corrected chi connectivity index (χ1v) is 6.21. The quantitative estimate of drug-likeness (QED) is 0.767. The fraction of sp³-hybridized carbons (Fsp3) is 0.538. The van der Waals surface area contributed by atoms with E-state index in [1.165, 1.54) is 5.56 Å². The molecule has 1 saturated heterocycles. The van der Waals surface area contributed by atoms with Crippen molar-refractivity contribution >= 4 is 0 Å². The highest BCUT2D eigenvalue weighted by Crippen LogP contribution is 2.34. The molecule has 3 rings (SSSR count). The molecule has 0 spiro atoms. The molecule has 0 saturated carbocycles. The van der Waals surface area contributed by atoms with Gasteiger partial charge in [0.1, 0.15) is 13.2 Å². The first kappa shape index (κ1) is 10.9. The third-order valence-electron chi connectivity index (χ3n) is 3.41. The normalized spacial score (nSPS) is 27.8. The van der Waals surface area contributed by atoms with E-state index < -0.39 is 0 Å². The molecule has 1 aromatic rings. The maximum Gasteiger partial charge on any atom is 0.161 e. The van der Waals surface area contributed by atoms with Gasteiger partial charge in [0, 0.05) is 12.1 Å². The Morgan fingerprint density at radius 2 is 2.00 bits per heavy atom. The number of piperidine rings is 1. The van der Waals surface area contributed by atoms with Crippen molar-refractivity contribution in [1.29, 1.82) is 0 Å². The fourth-order valence-corrected chi connectivity index (χ4v) is 2.48. The van der Waals surface area contributed by atoms with Crippen LogP contribution < -0.4 is 20.5 Å². The monoisotopic (exact) mass is 234 g/mol. The molecular formula is C13H18N2O2. The second kappa shape index (κ2) is 4.55. The van der Waals surface area contributed by atoms with Crippen molar-refractivity contribution in [2.24, 2.45) is 5.73 Å². The minimum Gasteiger partial charge on any atom is -0.486 e. The van der Waals surface area contributed by atoms with Crippen LogP contribution in [0.5, 0.6) is 11.5 Å². The zero-order valence-corrected chi connectivity index (χ0v) is 9.82. The van der Waals surface area contributed by atoms with E-state index in [0.29, 0.717) is 25.3 Å². The van der Waals surface area contributed by atoms with Gasteiger partial charge in [0.05, 0.1) is 0 Å². The SMILES string of the molecule is NC1CCNC(c2ccc3c(c2)OCCO3)C1. The van der Waals surface area contributed by atoms with Crippen LogP contribution in [-0.2, 0) is 0 Å². The molecule has 1 fully saturated rings. The van der Waals surface area contributed by atoms with Crippen molar-refractivity contribution in [3.8, 4) is 11.5 Å². The van der Waals surface area contributed by atoms with Gasteiger partial charge in [-0.1, -0.05) is 6.07 Å². The minimum atomic E-state index is 0.300. The summed E-state index contributed by atoms with van der Waals surface area (Å²) in [6, 6.07) is 6.81. The number of ether oxygens (including phenoxy) is 2. The van der Waals surface area contributed by atoms with Crippen molar-refractivity contribution in [1.82, 2.24) is 5.32 Å². The Labute approximate surface area is 101 Å². The summed E-state index contributed by atoms with van der Waals surface area (Å²) in [5, 5.41) is 3.50. The van der Waals surface area contributed by atoms with Crippen LogP contribution in [-0.4, -0.2) is 25.8 Å². The third kappa shape index (κ3) is 2.23. The van der Waals surface area contributed by atoms with Crippen LogP contribution in [0.1, 0.15) is 24.4 Å². The van der Waals surface area contributed by atoms with Gasteiger partial charge >= 0.3 is 0 Å². The van der Waals surface area contributed by atoms with Gasteiger partial charge in [-0.05, 0) is 37.1 Å². The van der Waals surface area contributed by atoms with E-state index in [9.17, 15) is 0 Å². The van der Waals surface area contributed by atoms with Crippen LogP contribution in [0.4, 0.5) is 0 Å². The Balaban J connectivity index is 1.83. The molecule has 17 heavy (non-hydrogen) atoms. The minimum absolute atomic E-state index is 0.300. The fourth-order valence-electron chi connectivity index (χ4n) is 2.48. The Morgan fingerprint density at radius 3 is 2.82 bits per heavy atom. The van der Waals surface area contributed by atoms with Crippen LogP contribution >= 0.6 is 0 Å². The van der Waals surface area contributed by atoms with Crippen molar-refractivity contribution in [3.63, 3.8) is 0 Å². The molecule has 92 valence electrons. The lowest BCUT2D eigenvalue weighted by atomic mass is 9.94. The number of nitrogens with one attached hydrogen (secondary N) is 1. The maximum atomic E-state index is 6.00. The Hall–Kier alpha value is -1.26. The number of benzene rings is 1. The largest absolute Gasteiger partial charge is 0.486 e. The van der Waals surface area contributed by atoms with Crippen LogP contribution in [0.15, 0.2) is 18.2 Å². The molecule has 2 heterocycles. The van der Waals surface area contributed by atoms with Crippen LogP contribution in [0, 0.1) is 0 Å². The van der Waals surface area contributed by atoms with Gasteiger partial charge in [0.2, 0.25) is 0 Å². The molecule has 2 aliphatic rings. The molecule has 3 N–H and O–H groups in total. The summed E-state index contributed by atoms with van der Waals surface area (Å²) in [6.07, 6.45) is 2.04. The molecule has 2 aliphatic heterocycles. The zero-order valence-electron chi connectivity index (χ0n) is 9.82. The van der Waals surface area contributed by atoms with Crippen molar-refractivity contribution in [2.75, 3.05) is 19.8 Å². The molecule has 2 unspecified atom stereocenters. The van der Waals surface area contributed by atoms with Crippen molar-refractivity contribution in [2.45, 2.75) is 24.9 Å². The Bertz CT molecular complexity index is 408. The second-order valence-corrected chi connectivity index (χ2v) is 4.69. The summed E-state index contributed by atoms with van der Waals surface area (Å²) in [5.74, 6) is 1.70.